The Kier molecular flexibility index (Phi) is 6.44. The number of primary amides is 1. The molecule has 104 valence electrons. The van der Waals surface area contributed by atoms with Crippen molar-refractivity contribution >= 4 is 27.7 Å². The van der Waals surface area contributed by atoms with Crippen molar-refractivity contribution in [3.05, 3.63) is 28.5 Å². The van der Waals surface area contributed by atoms with Crippen LogP contribution in [-0.2, 0) is 20.7 Å². The van der Waals surface area contributed by atoms with Gasteiger partial charge in [-0.3, -0.25) is 9.59 Å². The van der Waals surface area contributed by atoms with Gasteiger partial charge in [0.15, 0.2) is 0 Å². The van der Waals surface area contributed by atoms with Crippen molar-refractivity contribution < 1.29 is 14.3 Å². The van der Waals surface area contributed by atoms with Crippen LogP contribution >= 0.6 is 15.9 Å². The average molecular weight is 330 g/mol. The van der Waals surface area contributed by atoms with Crippen LogP contribution in [0.2, 0.25) is 0 Å². The fraction of sp³-hybridized carbons (Fsp3) is 0.417. The fourth-order valence-electron chi connectivity index (χ4n) is 1.45. The molecule has 1 aromatic rings. The Hall–Kier alpha value is -1.47. The van der Waals surface area contributed by atoms with Gasteiger partial charge in [-0.15, -0.1) is 0 Å². The van der Waals surface area contributed by atoms with Crippen LogP contribution in [0.25, 0.3) is 0 Å². The minimum atomic E-state index is -0.784. The number of aromatic nitrogens is 1. The van der Waals surface area contributed by atoms with Gasteiger partial charge < -0.3 is 15.8 Å². The molecule has 1 rings (SSSR count). The maximum Gasteiger partial charge on any atom is 0.246 e. The van der Waals surface area contributed by atoms with Crippen molar-refractivity contribution in [2.75, 3.05) is 13.2 Å². The van der Waals surface area contributed by atoms with E-state index in [0.717, 1.165) is 5.56 Å². The van der Waals surface area contributed by atoms with Gasteiger partial charge in [-0.2, -0.15) is 0 Å². The Morgan fingerprint density at radius 2 is 2.32 bits per heavy atom. The van der Waals surface area contributed by atoms with Crippen molar-refractivity contribution in [3.8, 4) is 0 Å². The summed E-state index contributed by atoms with van der Waals surface area (Å²) in [6.45, 7) is 2.13. The van der Waals surface area contributed by atoms with Gasteiger partial charge in [-0.1, -0.05) is 6.07 Å². The first-order valence-electron chi connectivity index (χ1n) is 5.80. The lowest BCUT2D eigenvalue weighted by Crippen LogP contribution is -2.47. The van der Waals surface area contributed by atoms with E-state index in [-0.39, 0.29) is 18.9 Å². The lowest BCUT2D eigenvalue weighted by atomic mass is 10.1. The molecule has 7 heteroatoms. The van der Waals surface area contributed by atoms with Crippen LogP contribution in [0.5, 0.6) is 0 Å². The van der Waals surface area contributed by atoms with Crippen molar-refractivity contribution in [1.29, 1.82) is 0 Å². The number of hydrogen-bond acceptors (Lipinski definition) is 4. The summed E-state index contributed by atoms with van der Waals surface area (Å²) in [6.07, 6.45) is 1.90. The highest BCUT2D eigenvalue weighted by atomic mass is 79.9. The van der Waals surface area contributed by atoms with E-state index in [9.17, 15) is 9.59 Å². The van der Waals surface area contributed by atoms with Gasteiger partial charge in [-0.05, 0) is 34.5 Å². The molecule has 0 aliphatic carbocycles. The maximum atomic E-state index is 11.5. The zero-order chi connectivity index (χ0) is 14.3. The highest BCUT2D eigenvalue weighted by Crippen LogP contribution is 2.14. The molecule has 0 spiro atoms. The summed E-state index contributed by atoms with van der Waals surface area (Å²) < 4.78 is 5.59. The molecule has 1 heterocycles. The number of pyridine rings is 1. The molecule has 3 N–H and O–H groups in total. The predicted octanol–water partition coefficient (Wildman–Crippen LogP) is 0.393. The van der Waals surface area contributed by atoms with E-state index in [1.54, 1.807) is 19.2 Å². The van der Waals surface area contributed by atoms with Gasteiger partial charge in [0.2, 0.25) is 11.8 Å². The number of hydrogen-bond donors (Lipinski definition) is 2. The molecule has 6 nitrogen and oxygen atoms in total. The smallest absolute Gasteiger partial charge is 0.246 e. The van der Waals surface area contributed by atoms with Gasteiger partial charge in [0.25, 0.3) is 0 Å². The fourth-order valence-corrected chi connectivity index (χ4v) is 1.86. The summed E-state index contributed by atoms with van der Waals surface area (Å²) in [5.41, 5.74) is 6.08. The monoisotopic (exact) mass is 329 g/mol. The predicted molar refractivity (Wildman–Crippen MR) is 73.3 cm³/mol. The third kappa shape index (κ3) is 5.35. The Labute approximate surface area is 119 Å². The summed E-state index contributed by atoms with van der Waals surface area (Å²) in [5.74, 6) is -0.966. The number of amides is 2. The van der Waals surface area contributed by atoms with Gasteiger partial charge in [0.05, 0.1) is 0 Å². The minimum Gasteiger partial charge on any atom is -0.372 e. The lowest BCUT2D eigenvalue weighted by Gasteiger charge is -2.16. The molecular weight excluding hydrogens is 314 g/mol. The second-order valence-electron chi connectivity index (χ2n) is 3.82. The van der Waals surface area contributed by atoms with Gasteiger partial charge >= 0.3 is 0 Å². The number of nitrogens with one attached hydrogen (secondary N) is 1. The van der Waals surface area contributed by atoms with Crippen molar-refractivity contribution in [1.82, 2.24) is 10.3 Å². The first-order valence-corrected chi connectivity index (χ1v) is 6.59. The number of carbonyl (C=O) groups is 2. The molecule has 2 amide bonds. The highest BCUT2D eigenvalue weighted by Gasteiger charge is 2.19. The Balaban J connectivity index is 2.66. The molecule has 0 aromatic carbocycles. The van der Waals surface area contributed by atoms with Gasteiger partial charge in [0.1, 0.15) is 17.3 Å². The number of nitrogens with two attached hydrogens (primary N) is 1. The molecule has 0 aliphatic rings. The maximum absolute atomic E-state index is 11.5. The minimum absolute atomic E-state index is 0.0888. The normalized spacial score (nSPS) is 11.9. The Morgan fingerprint density at radius 3 is 2.89 bits per heavy atom. The lowest BCUT2D eigenvalue weighted by molar-refractivity contribution is -0.130. The quantitative estimate of drug-likeness (QED) is 0.707. The topological polar surface area (TPSA) is 94.3 Å². The SMILES string of the molecule is CCOCC(=O)N[C@H](Cc1cccnc1Br)C(N)=O. The third-order valence-corrected chi connectivity index (χ3v) is 3.09. The van der Waals surface area contributed by atoms with Gasteiger partial charge in [0, 0.05) is 19.2 Å². The van der Waals surface area contributed by atoms with Crippen LogP contribution in [-0.4, -0.2) is 36.1 Å². The molecule has 0 saturated carbocycles. The second kappa shape index (κ2) is 7.85. The van der Waals surface area contributed by atoms with E-state index in [0.29, 0.717) is 11.2 Å². The van der Waals surface area contributed by atoms with Crippen LogP contribution in [0.1, 0.15) is 12.5 Å². The molecular formula is C12H16BrN3O3. The molecule has 0 radical (unpaired) electrons. The second-order valence-corrected chi connectivity index (χ2v) is 4.57. The molecule has 0 aliphatic heterocycles. The molecule has 0 unspecified atom stereocenters. The van der Waals surface area contributed by atoms with Gasteiger partial charge in [-0.25, -0.2) is 4.98 Å². The highest BCUT2D eigenvalue weighted by molar-refractivity contribution is 9.10. The molecule has 19 heavy (non-hydrogen) atoms. The Bertz CT molecular complexity index is 454. The third-order valence-electron chi connectivity index (χ3n) is 2.38. The summed E-state index contributed by atoms with van der Waals surface area (Å²) in [6, 6.07) is 2.77. The van der Waals surface area contributed by atoms with Crippen molar-refractivity contribution in [2.45, 2.75) is 19.4 Å². The standard InChI is InChI=1S/C12H16BrN3O3/c1-2-19-7-10(17)16-9(12(14)18)6-8-4-3-5-15-11(8)13/h3-5,9H,2,6-7H2,1H3,(H2,14,18)(H,16,17)/t9-/m1/s1. The summed E-state index contributed by atoms with van der Waals surface area (Å²) >= 11 is 3.28. The summed E-state index contributed by atoms with van der Waals surface area (Å²) in [5, 5.41) is 2.54. The Morgan fingerprint density at radius 1 is 1.58 bits per heavy atom. The number of ether oxygens (including phenoxy) is 1. The van der Waals surface area contributed by atoms with E-state index in [1.165, 1.54) is 0 Å². The van der Waals surface area contributed by atoms with E-state index in [2.05, 4.69) is 26.2 Å². The molecule has 0 saturated heterocycles. The van der Waals surface area contributed by atoms with E-state index >= 15 is 0 Å². The molecule has 0 bridgehead atoms. The summed E-state index contributed by atoms with van der Waals surface area (Å²) in [4.78, 5) is 26.9. The first-order chi connectivity index (χ1) is 9.04. The van der Waals surface area contributed by atoms with Crippen LogP contribution in [0.4, 0.5) is 0 Å². The van der Waals surface area contributed by atoms with Crippen LogP contribution < -0.4 is 11.1 Å². The number of halogens is 1. The molecule has 1 aromatic heterocycles. The average Bonchev–Trinajstić information content (AvgIpc) is 2.38. The van der Waals surface area contributed by atoms with Crippen LogP contribution in [0, 0.1) is 0 Å². The van der Waals surface area contributed by atoms with Crippen LogP contribution in [0.15, 0.2) is 22.9 Å². The van der Waals surface area contributed by atoms with E-state index < -0.39 is 11.9 Å². The van der Waals surface area contributed by atoms with Crippen LogP contribution in [0.3, 0.4) is 0 Å². The number of nitrogens with zero attached hydrogens (tertiary/aromatic N) is 1. The number of carbonyl (C=O) groups excluding carboxylic acids is 2. The molecule has 1 atom stereocenters. The zero-order valence-electron chi connectivity index (χ0n) is 10.6. The first kappa shape index (κ1) is 15.6. The number of rotatable bonds is 7. The zero-order valence-corrected chi connectivity index (χ0v) is 12.1. The van der Waals surface area contributed by atoms with E-state index in [4.69, 9.17) is 10.5 Å². The summed E-state index contributed by atoms with van der Waals surface area (Å²) in [7, 11) is 0. The largest absolute Gasteiger partial charge is 0.372 e. The van der Waals surface area contributed by atoms with Crippen molar-refractivity contribution in [2.24, 2.45) is 5.73 Å². The van der Waals surface area contributed by atoms with Crippen molar-refractivity contribution in [3.63, 3.8) is 0 Å². The van der Waals surface area contributed by atoms with E-state index in [1.807, 2.05) is 6.07 Å². The molecule has 0 fully saturated rings.